The third-order valence-electron chi connectivity index (χ3n) is 3.11. The third-order valence-corrected chi connectivity index (χ3v) is 3.11. The van der Waals surface area contributed by atoms with Gasteiger partial charge in [-0.15, -0.1) is 0 Å². The lowest BCUT2D eigenvalue weighted by Crippen LogP contribution is -1.99. The smallest absolute Gasteiger partial charge is 0.165 e. The molecule has 0 fully saturated rings. The highest BCUT2D eigenvalue weighted by molar-refractivity contribution is 5.86. The van der Waals surface area contributed by atoms with Gasteiger partial charge in [0.1, 0.15) is 5.82 Å². The van der Waals surface area contributed by atoms with Crippen LogP contribution >= 0.6 is 0 Å². The van der Waals surface area contributed by atoms with E-state index in [1.807, 2.05) is 13.8 Å². The van der Waals surface area contributed by atoms with Crippen molar-refractivity contribution < 1.29 is 13.5 Å². The molecule has 2 rings (SSSR count). The molecule has 1 nitrogen and oxygen atoms in total. The highest BCUT2D eigenvalue weighted by atomic mass is 19.1. The molecule has 0 saturated carbocycles. The maximum atomic E-state index is 13.9. The minimum atomic E-state index is -0.411. The Morgan fingerprint density at radius 3 is 2.45 bits per heavy atom. The fraction of sp³-hybridized carbons (Fsp3) is 0.294. The van der Waals surface area contributed by atoms with Crippen molar-refractivity contribution in [3.63, 3.8) is 0 Å². The molecule has 0 N–H and O–H groups in total. The molecular weight excluding hydrogens is 258 g/mol. The first-order valence-corrected chi connectivity index (χ1v) is 6.84. The van der Waals surface area contributed by atoms with Gasteiger partial charge in [-0.05, 0) is 48.4 Å². The van der Waals surface area contributed by atoms with Gasteiger partial charge >= 0.3 is 0 Å². The summed E-state index contributed by atoms with van der Waals surface area (Å²) in [6, 6.07) is 6.01. The molecule has 106 valence electrons. The average Bonchev–Trinajstić information content (AvgIpc) is 2.42. The molecule has 0 atom stereocenters. The fourth-order valence-electron chi connectivity index (χ4n) is 2.04. The van der Waals surface area contributed by atoms with Gasteiger partial charge < -0.3 is 4.74 Å². The Kier molecular flexibility index (Phi) is 4.72. The second-order valence-corrected chi connectivity index (χ2v) is 4.71. The summed E-state index contributed by atoms with van der Waals surface area (Å²) in [5.41, 5.74) is 0.457. The van der Waals surface area contributed by atoms with Crippen molar-refractivity contribution in [1.29, 1.82) is 0 Å². The van der Waals surface area contributed by atoms with Gasteiger partial charge in [0.2, 0.25) is 0 Å². The molecule has 0 aromatic heterocycles. The molecule has 0 unspecified atom stereocenters. The first kappa shape index (κ1) is 14.5. The number of hydrogen-bond acceptors (Lipinski definition) is 1. The highest BCUT2D eigenvalue weighted by Gasteiger charge is 2.09. The molecule has 0 aliphatic rings. The van der Waals surface area contributed by atoms with Crippen molar-refractivity contribution in [2.75, 3.05) is 6.61 Å². The topological polar surface area (TPSA) is 9.23 Å². The van der Waals surface area contributed by atoms with E-state index in [0.717, 1.165) is 12.8 Å². The van der Waals surface area contributed by atoms with Crippen LogP contribution in [0.4, 0.5) is 8.78 Å². The fourth-order valence-corrected chi connectivity index (χ4v) is 2.04. The van der Waals surface area contributed by atoms with Gasteiger partial charge in [0, 0.05) is 5.56 Å². The van der Waals surface area contributed by atoms with Crippen LogP contribution in [0.2, 0.25) is 0 Å². The molecule has 2 aromatic carbocycles. The van der Waals surface area contributed by atoms with Crippen molar-refractivity contribution in [2.24, 2.45) is 0 Å². The Morgan fingerprint density at radius 2 is 1.75 bits per heavy atom. The summed E-state index contributed by atoms with van der Waals surface area (Å²) in [4.78, 5) is 0. The van der Waals surface area contributed by atoms with Gasteiger partial charge in [0.15, 0.2) is 11.6 Å². The van der Waals surface area contributed by atoms with E-state index in [1.165, 1.54) is 12.1 Å². The predicted octanol–water partition coefficient (Wildman–Crippen LogP) is 5.33. The molecule has 0 aliphatic heterocycles. The van der Waals surface area contributed by atoms with E-state index in [0.29, 0.717) is 22.9 Å². The molecule has 20 heavy (non-hydrogen) atoms. The summed E-state index contributed by atoms with van der Waals surface area (Å²) in [6.45, 7) is 4.32. The molecule has 0 amide bonds. The van der Waals surface area contributed by atoms with Crippen LogP contribution in [0.3, 0.4) is 0 Å². The summed E-state index contributed by atoms with van der Waals surface area (Å²) in [7, 11) is 0. The zero-order chi connectivity index (χ0) is 14.5. The normalized spacial score (nSPS) is 11.4. The Bertz CT molecular complexity index is 632. The minimum Gasteiger partial charge on any atom is -0.490 e. The number of hydrogen-bond donors (Lipinski definition) is 0. The Labute approximate surface area is 117 Å². The largest absolute Gasteiger partial charge is 0.490 e. The lowest BCUT2D eigenvalue weighted by atomic mass is 10.1. The molecule has 0 aliphatic carbocycles. The average molecular weight is 276 g/mol. The zero-order valence-electron chi connectivity index (χ0n) is 11.7. The number of fused-ring (bicyclic) bond motifs is 1. The predicted molar refractivity (Wildman–Crippen MR) is 79.0 cm³/mol. The number of unbranched alkanes of at least 4 members (excludes halogenated alkanes) is 1. The molecule has 0 spiro atoms. The lowest BCUT2D eigenvalue weighted by molar-refractivity contribution is 0.295. The van der Waals surface area contributed by atoms with Gasteiger partial charge in [-0.2, -0.15) is 0 Å². The Balaban J connectivity index is 2.40. The van der Waals surface area contributed by atoms with E-state index >= 15 is 0 Å². The lowest BCUT2D eigenvalue weighted by Gasteiger charge is -2.09. The molecule has 3 heteroatoms. The van der Waals surface area contributed by atoms with Gasteiger partial charge in [-0.1, -0.05) is 25.5 Å². The number of halogens is 2. The van der Waals surface area contributed by atoms with Crippen molar-refractivity contribution in [3.05, 3.63) is 47.5 Å². The summed E-state index contributed by atoms with van der Waals surface area (Å²) in [5.74, 6) is -0.544. The third kappa shape index (κ3) is 3.16. The highest BCUT2D eigenvalue weighted by Crippen LogP contribution is 2.27. The van der Waals surface area contributed by atoms with Gasteiger partial charge in [-0.3, -0.25) is 0 Å². The number of rotatable bonds is 5. The van der Waals surface area contributed by atoms with E-state index in [-0.39, 0.29) is 11.6 Å². The van der Waals surface area contributed by atoms with E-state index < -0.39 is 5.82 Å². The van der Waals surface area contributed by atoms with Crippen LogP contribution in [-0.4, -0.2) is 6.61 Å². The number of benzene rings is 2. The summed E-state index contributed by atoms with van der Waals surface area (Å²) in [5, 5.41) is 1.31. The molecule has 0 bridgehead atoms. The second-order valence-electron chi connectivity index (χ2n) is 4.71. The van der Waals surface area contributed by atoms with Crippen molar-refractivity contribution >= 4 is 16.8 Å². The maximum absolute atomic E-state index is 13.9. The van der Waals surface area contributed by atoms with Crippen LogP contribution in [0.1, 0.15) is 32.3 Å². The second kappa shape index (κ2) is 6.51. The van der Waals surface area contributed by atoms with Gasteiger partial charge in [-0.25, -0.2) is 8.78 Å². The monoisotopic (exact) mass is 276 g/mol. The summed E-state index contributed by atoms with van der Waals surface area (Å²) >= 11 is 0. The van der Waals surface area contributed by atoms with Crippen molar-refractivity contribution in [3.8, 4) is 5.75 Å². The Hall–Kier alpha value is -1.90. The van der Waals surface area contributed by atoms with Crippen LogP contribution in [0.15, 0.2) is 30.3 Å². The van der Waals surface area contributed by atoms with Crippen LogP contribution in [0.5, 0.6) is 5.75 Å². The minimum absolute atomic E-state index is 0.184. The zero-order valence-corrected chi connectivity index (χ0v) is 11.7. The molecule has 0 saturated heterocycles. The molecule has 2 aromatic rings. The SMILES string of the molecule is CC=Cc1cc2cc(F)c(OCCCC)cc2cc1F. The van der Waals surface area contributed by atoms with E-state index in [1.54, 1.807) is 24.3 Å². The first-order chi connectivity index (χ1) is 9.65. The maximum Gasteiger partial charge on any atom is 0.165 e. The van der Waals surface area contributed by atoms with E-state index in [9.17, 15) is 8.78 Å². The van der Waals surface area contributed by atoms with Crippen LogP contribution in [0.25, 0.3) is 16.8 Å². The number of ether oxygens (including phenoxy) is 1. The van der Waals surface area contributed by atoms with Crippen LogP contribution in [-0.2, 0) is 0 Å². The summed E-state index contributed by atoms with van der Waals surface area (Å²) < 4.78 is 33.2. The van der Waals surface area contributed by atoms with Gasteiger partial charge in [0.25, 0.3) is 0 Å². The number of allylic oxidation sites excluding steroid dienone is 1. The molecule has 0 radical (unpaired) electrons. The van der Waals surface area contributed by atoms with Crippen molar-refractivity contribution in [1.82, 2.24) is 0 Å². The van der Waals surface area contributed by atoms with E-state index in [2.05, 4.69) is 0 Å². The quantitative estimate of drug-likeness (QED) is 0.671. The van der Waals surface area contributed by atoms with Crippen molar-refractivity contribution in [2.45, 2.75) is 26.7 Å². The van der Waals surface area contributed by atoms with E-state index in [4.69, 9.17) is 4.74 Å². The van der Waals surface area contributed by atoms with Gasteiger partial charge in [0.05, 0.1) is 6.61 Å². The molecule has 0 heterocycles. The Morgan fingerprint density at radius 1 is 1.05 bits per heavy atom. The van der Waals surface area contributed by atoms with Crippen LogP contribution < -0.4 is 4.74 Å². The van der Waals surface area contributed by atoms with Crippen LogP contribution in [0, 0.1) is 11.6 Å². The molecular formula is C17H18F2O. The first-order valence-electron chi connectivity index (χ1n) is 6.84. The standard InChI is InChI=1S/C17H18F2O/c1-3-5-7-20-17-11-14-9-15(18)12(6-4-2)8-13(14)10-16(17)19/h4,6,8-11H,3,5,7H2,1-2H3. The summed E-state index contributed by atoms with van der Waals surface area (Å²) in [6.07, 6.45) is 5.27.